The minimum Gasteiger partial charge on any atom is -0.338 e. The van der Waals surface area contributed by atoms with Crippen LogP contribution in [0.25, 0.3) is 0 Å². The van der Waals surface area contributed by atoms with Gasteiger partial charge in [0.15, 0.2) is 0 Å². The summed E-state index contributed by atoms with van der Waals surface area (Å²) in [5.74, 6) is 0.146. The van der Waals surface area contributed by atoms with Crippen molar-refractivity contribution < 1.29 is 13.8 Å². The molecule has 1 atom stereocenters. The summed E-state index contributed by atoms with van der Waals surface area (Å²) in [6, 6.07) is 0. The molecular weight excluding hydrogens is 420 g/mol. The number of hydrogen-bond donors (Lipinski definition) is 0. The molecule has 7 nitrogen and oxygen atoms in total. The molecule has 3 rings (SSSR count). The average Bonchev–Trinajstić information content (AvgIpc) is 3.05. The van der Waals surface area contributed by atoms with E-state index in [0.29, 0.717) is 49.3 Å². The lowest BCUT2D eigenvalue weighted by Gasteiger charge is -2.32. The molecule has 1 unspecified atom stereocenters. The minimum absolute atomic E-state index is 0.0923. The van der Waals surface area contributed by atoms with Gasteiger partial charge in [-0.3, -0.25) is 9.59 Å². The van der Waals surface area contributed by atoms with Crippen LogP contribution in [0.4, 0.5) is 0 Å². The SMILES string of the molecule is CCc1nc(C)ncc1C(=O)N1CCC(S(C)(=O)=NC(=O)c2csc(C)c2C)CC1. The van der Waals surface area contributed by atoms with Gasteiger partial charge in [-0.2, -0.15) is 4.36 Å². The molecule has 3 heterocycles. The highest BCUT2D eigenvalue weighted by Crippen LogP contribution is 2.24. The predicted octanol–water partition coefficient (Wildman–Crippen LogP) is 3.57. The van der Waals surface area contributed by atoms with Crippen molar-refractivity contribution in [1.29, 1.82) is 0 Å². The summed E-state index contributed by atoms with van der Waals surface area (Å²) >= 11 is 1.50. The van der Waals surface area contributed by atoms with Gasteiger partial charge in [-0.1, -0.05) is 6.92 Å². The zero-order chi connectivity index (χ0) is 22.1. The van der Waals surface area contributed by atoms with E-state index in [1.807, 2.05) is 20.8 Å². The molecule has 162 valence electrons. The molecule has 1 aliphatic heterocycles. The lowest BCUT2D eigenvalue weighted by molar-refractivity contribution is 0.0723. The third-order valence-corrected chi connectivity index (χ3v) is 8.93. The Balaban J connectivity index is 1.71. The van der Waals surface area contributed by atoms with Gasteiger partial charge in [0.05, 0.1) is 26.5 Å². The Kier molecular flexibility index (Phi) is 6.71. The van der Waals surface area contributed by atoms with Gasteiger partial charge in [0.1, 0.15) is 5.82 Å². The fourth-order valence-electron chi connectivity index (χ4n) is 3.64. The zero-order valence-corrected chi connectivity index (χ0v) is 19.7. The number of carbonyl (C=O) groups is 2. The van der Waals surface area contributed by atoms with Crippen molar-refractivity contribution in [3.63, 3.8) is 0 Å². The molecule has 9 heteroatoms. The Labute approximate surface area is 182 Å². The van der Waals surface area contributed by atoms with Gasteiger partial charge in [-0.05, 0) is 45.6 Å². The molecule has 2 amide bonds. The van der Waals surface area contributed by atoms with E-state index in [0.717, 1.165) is 16.1 Å². The summed E-state index contributed by atoms with van der Waals surface area (Å²) in [5, 5.41) is 1.56. The molecule has 2 aromatic rings. The number of carbonyl (C=O) groups excluding carboxylic acids is 2. The molecule has 0 aliphatic carbocycles. The van der Waals surface area contributed by atoms with Gasteiger partial charge < -0.3 is 4.90 Å². The molecule has 0 N–H and O–H groups in total. The van der Waals surface area contributed by atoms with E-state index in [1.165, 1.54) is 11.3 Å². The van der Waals surface area contributed by atoms with E-state index >= 15 is 0 Å². The highest BCUT2D eigenvalue weighted by molar-refractivity contribution is 7.93. The fraction of sp³-hybridized carbons (Fsp3) is 0.524. The lowest BCUT2D eigenvalue weighted by atomic mass is 10.1. The normalized spacial score (nSPS) is 16.9. The molecule has 1 fully saturated rings. The topological polar surface area (TPSA) is 92.6 Å². The van der Waals surface area contributed by atoms with E-state index in [2.05, 4.69) is 14.3 Å². The Morgan fingerprint density at radius 2 is 1.90 bits per heavy atom. The van der Waals surface area contributed by atoms with Gasteiger partial charge in [0.25, 0.3) is 11.8 Å². The van der Waals surface area contributed by atoms with Crippen molar-refractivity contribution in [2.45, 2.75) is 52.2 Å². The van der Waals surface area contributed by atoms with Crippen LogP contribution in [0.3, 0.4) is 0 Å². The van der Waals surface area contributed by atoms with Gasteiger partial charge in [-0.15, -0.1) is 11.3 Å². The van der Waals surface area contributed by atoms with Gasteiger partial charge in [0, 0.05) is 41.0 Å². The molecule has 1 saturated heterocycles. The molecule has 0 radical (unpaired) electrons. The monoisotopic (exact) mass is 448 g/mol. The molecule has 0 saturated carbocycles. The summed E-state index contributed by atoms with van der Waals surface area (Å²) in [4.78, 5) is 36.9. The molecule has 30 heavy (non-hydrogen) atoms. The van der Waals surface area contributed by atoms with Gasteiger partial charge in [0.2, 0.25) is 0 Å². The Hall–Kier alpha value is -2.13. The number of aryl methyl sites for hydroxylation is 3. The fourth-order valence-corrected chi connectivity index (χ4v) is 6.17. The van der Waals surface area contributed by atoms with E-state index in [9.17, 15) is 13.8 Å². The van der Waals surface area contributed by atoms with Crippen LogP contribution in [0.15, 0.2) is 15.9 Å². The van der Waals surface area contributed by atoms with Gasteiger partial charge >= 0.3 is 0 Å². The van der Waals surface area contributed by atoms with Crippen molar-refractivity contribution in [1.82, 2.24) is 14.9 Å². The quantitative estimate of drug-likeness (QED) is 0.713. The van der Waals surface area contributed by atoms with Crippen molar-refractivity contribution in [2.24, 2.45) is 4.36 Å². The zero-order valence-electron chi connectivity index (χ0n) is 18.1. The second kappa shape index (κ2) is 8.93. The summed E-state index contributed by atoms with van der Waals surface area (Å²) in [6.45, 7) is 8.56. The lowest BCUT2D eigenvalue weighted by Crippen LogP contribution is -2.42. The first kappa shape index (κ1) is 22.6. The Bertz CT molecular complexity index is 1090. The van der Waals surface area contributed by atoms with Crippen LogP contribution < -0.4 is 0 Å². The van der Waals surface area contributed by atoms with Crippen molar-refractivity contribution >= 4 is 32.9 Å². The molecule has 2 aromatic heterocycles. The number of hydrogen-bond acceptors (Lipinski definition) is 6. The summed E-state index contributed by atoms with van der Waals surface area (Å²) < 4.78 is 17.3. The van der Waals surface area contributed by atoms with Crippen LogP contribution in [-0.2, 0) is 16.1 Å². The average molecular weight is 449 g/mol. The number of rotatable bonds is 4. The van der Waals surface area contributed by atoms with Crippen molar-refractivity contribution in [3.05, 3.63) is 44.7 Å². The standard InChI is InChI=1S/C21H28N4O3S2/c1-6-19-17(11-22-15(4)23-19)21(27)25-9-7-16(8-10-25)30(5,28)24-20(26)18-12-29-14(3)13(18)2/h11-12,16H,6-10H2,1-5H3. The largest absolute Gasteiger partial charge is 0.338 e. The number of likely N-dealkylation sites (tertiary alicyclic amines) is 1. The number of aromatic nitrogens is 2. The van der Waals surface area contributed by atoms with Gasteiger partial charge in [-0.25, -0.2) is 14.2 Å². The highest BCUT2D eigenvalue weighted by atomic mass is 32.2. The van der Waals surface area contributed by atoms with E-state index in [1.54, 1.807) is 29.7 Å². The summed E-state index contributed by atoms with van der Waals surface area (Å²) in [7, 11) is -2.70. The van der Waals surface area contributed by atoms with Crippen LogP contribution in [0.1, 0.15) is 62.4 Å². The molecular formula is C21H28N4O3S2. The maximum absolute atomic E-state index is 13.2. The van der Waals surface area contributed by atoms with Crippen molar-refractivity contribution in [2.75, 3.05) is 19.3 Å². The first-order chi connectivity index (χ1) is 14.1. The first-order valence-corrected chi connectivity index (χ1v) is 12.9. The van der Waals surface area contributed by atoms with Crippen LogP contribution >= 0.6 is 11.3 Å². The smallest absolute Gasteiger partial charge is 0.286 e. The molecule has 0 bridgehead atoms. The Morgan fingerprint density at radius 1 is 1.23 bits per heavy atom. The van der Waals surface area contributed by atoms with E-state index in [-0.39, 0.29) is 11.2 Å². The Morgan fingerprint density at radius 3 is 2.47 bits per heavy atom. The van der Waals surface area contributed by atoms with Crippen LogP contribution in [0.2, 0.25) is 0 Å². The van der Waals surface area contributed by atoms with Crippen LogP contribution in [0, 0.1) is 20.8 Å². The maximum atomic E-state index is 13.2. The third kappa shape index (κ3) is 4.62. The van der Waals surface area contributed by atoms with Crippen molar-refractivity contribution in [3.8, 4) is 0 Å². The molecule has 0 aromatic carbocycles. The predicted molar refractivity (Wildman–Crippen MR) is 120 cm³/mol. The second-order valence-electron chi connectivity index (χ2n) is 7.71. The number of amides is 2. The maximum Gasteiger partial charge on any atom is 0.286 e. The summed E-state index contributed by atoms with van der Waals surface area (Å²) in [6.07, 6.45) is 4.91. The van der Waals surface area contributed by atoms with Crippen LogP contribution in [0.5, 0.6) is 0 Å². The number of nitrogens with zero attached hydrogens (tertiary/aromatic N) is 4. The molecule has 0 spiro atoms. The first-order valence-electron chi connectivity index (χ1n) is 10.1. The van der Waals surface area contributed by atoms with E-state index < -0.39 is 15.6 Å². The second-order valence-corrected chi connectivity index (χ2v) is 11.4. The highest BCUT2D eigenvalue weighted by Gasteiger charge is 2.30. The summed E-state index contributed by atoms with van der Waals surface area (Å²) in [5.41, 5.74) is 2.71. The third-order valence-electron chi connectivity index (χ3n) is 5.68. The minimum atomic E-state index is -2.70. The van der Waals surface area contributed by atoms with E-state index in [4.69, 9.17) is 0 Å². The molecule has 1 aliphatic rings. The number of thiophene rings is 1. The van der Waals surface area contributed by atoms with Crippen LogP contribution in [-0.4, -0.2) is 55.5 Å². The number of piperidine rings is 1.